The molecule has 3 nitrogen and oxygen atoms in total. The number of ether oxygens (including phenoxy) is 1. The summed E-state index contributed by atoms with van der Waals surface area (Å²) in [6, 6.07) is 14.9. The Morgan fingerprint density at radius 1 is 1.09 bits per heavy atom. The maximum absolute atomic E-state index is 12.4. The molecule has 1 aliphatic heterocycles. The van der Waals surface area contributed by atoms with Crippen LogP contribution in [0.15, 0.2) is 48.5 Å². The summed E-state index contributed by atoms with van der Waals surface area (Å²) >= 11 is 6.09. The number of benzene rings is 2. The van der Waals surface area contributed by atoms with Crippen molar-refractivity contribution >= 4 is 23.4 Å². The molecule has 1 aliphatic carbocycles. The second-order valence-corrected chi connectivity index (χ2v) is 6.74. The van der Waals surface area contributed by atoms with Crippen molar-refractivity contribution in [2.75, 3.05) is 0 Å². The molecule has 2 aliphatic rings. The van der Waals surface area contributed by atoms with E-state index in [0.29, 0.717) is 23.4 Å². The van der Waals surface area contributed by atoms with Crippen LogP contribution in [0.2, 0.25) is 5.02 Å². The summed E-state index contributed by atoms with van der Waals surface area (Å²) in [6.45, 7) is 0. The molecule has 116 valence electrons. The van der Waals surface area contributed by atoms with Gasteiger partial charge in [-0.25, -0.2) is 4.79 Å². The number of Topliss-reactive ketones (excluding diaryl/α,β-unsaturated/α-hetero) is 1. The van der Waals surface area contributed by atoms with Gasteiger partial charge in [0.25, 0.3) is 0 Å². The number of carbonyl (C=O) groups is 2. The molecule has 0 saturated heterocycles. The van der Waals surface area contributed by atoms with Crippen LogP contribution < -0.4 is 0 Å². The van der Waals surface area contributed by atoms with Crippen LogP contribution >= 0.6 is 11.6 Å². The molecule has 2 aromatic carbocycles. The van der Waals surface area contributed by atoms with Crippen molar-refractivity contribution in [3.63, 3.8) is 0 Å². The van der Waals surface area contributed by atoms with Crippen LogP contribution in [0.4, 0.5) is 0 Å². The van der Waals surface area contributed by atoms with Crippen molar-refractivity contribution in [3.8, 4) is 0 Å². The lowest BCUT2D eigenvalue weighted by molar-refractivity contribution is -0.129. The van der Waals surface area contributed by atoms with Crippen LogP contribution in [-0.4, -0.2) is 11.8 Å². The van der Waals surface area contributed by atoms with Gasteiger partial charge in [0.05, 0.1) is 12.0 Å². The Kier molecular flexibility index (Phi) is 3.27. The van der Waals surface area contributed by atoms with Crippen LogP contribution in [0.1, 0.15) is 46.7 Å². The molecule has 0 amide bonds. The Morgan fingerprint density at radius 3 is 2.74 bits per heavy atom. The minimum atomic E-state index is -0.823. The van der Waals surface area contributed by atoms with E-state index >= 15 is 0 Å². The van der Waals surface area contributed by atoms with Crippen LogP contribution in [0.5, 0.6) is 0 Å². The zero-order valence-corrected chi connectivity index (χ0v) is 13.2. The van der Waals surface area contributed by atoms with Gasteiger partial charge in [-0.15, -0.1) is 0 Å². The smallest absolute Gasteiger partial charge is 0.339 e. The van der Waals surface area contributed by atoms with Crippen molar-refractivity contribution in [2.24, 2.45) is 0 Å². The summed E-state index contributed by atoms with van der Waals surface area (Å²) in [7, 11) is 0. The summed E-state index contributed by atoms with van der Waals surface area (Å²) < 4.78 is 5.72. The Bertz CT molecular complexity index is 810. The number of hydrogen-bond acceptors (Lipinski definition) is 3. The van der Waals surface area contributed by atoms with E-state index in [-0.39, 0.29) is 24.1 Å². The predicted molar refractivity (Wildman–Crippen MR) is 86.6 cm³/mol. The van der Waals surface area contributed by atoms with E-state index < -0.39 is 5.60 Å². The van der Waals surface area contributed by atoms with E-state index in [0.717, 1.165) is 11.1 Å². The SMILES string of the molecule is O=C1C[C@H](c2cccc(Cl)c2)CC2(C1)OC(=O)c1ccccc12. The van der Waals surface area contributed by atoms with Crippen LogP contribution in [0, 0.1) is 0 Å². The second-order valence-electron chi connectivity index (χ2n) is 6.31. The molecular formula is C19H15ClO3. The van der Waals surface area contributed by atoms with Crippen molar-refractivity contribution in [3.05, 3.63) is 70.2 Å². The summed E-state index contributed by atoms with van der Waals surface area (Å²) in [4.78, 5) is 24.6. The fourth-order valence-corrected chi connectivity index (χ4v) is 4.03. The Balaban J connectivity index is 1.76. The van der Waals surface area contributed by atoms with E-state index in [1.807, 2.05) is 42.5 Å². The molecule has 1 fully saturated rings. The van der Waals surface area contributed by atoms with Gasteiger partial charge in [0.2, 0.25) is 0 Å². The third-order valence-corrected chi connectivity index (χ3v) is 5.01. The van der Waals surface area contributed by atoms with Gasteiger partial charge in [-0.05, 0) is 36.1 Å². The fourth-order valence-electron chi connectivity index (χ4n) is 3.83. The number of esters is 1. The lowest BCUT2D eigenvalue weighted by Crippen LogP contribution is -2.36. The zero-order valence-electron chi connectivity index (χ0n) is 12.4. The normalized spacial score (nSPS) is 26.2. The molecule has 4 heteroatoms. The maximum atomic E-state index is 12.4. The fraction of sp³-hybridized carbons (Fsp3) is 0.263. The van der Waals surface area contributed by atoms with Gasteiger partial charge in [0.1, 0.15) is 11.4 Å². The molecule has 1 heterocycles. The van der Waals surface area contributed by atoms with E-state index in [9.17, 15) is 9.59 Å². The van der Waals surface area contributed by atoms with Crippen molar-refractivity contribution < 1.29 is 14.3 Å². The number of halogens is 1. The van der Waals surface area contributed by atoms with Gasteiger partial charge in [0, 0.05) is 17.0 Å². The molecule has 1 saturated carbocycles. The highest BCUT2D eigenvalue weighted by atomic mass is 35.5. The van der Waals surface area contributed by atoms with Crippen LogP contribution in [-0.2, 0) is 15.1 Å². The molecule has 0 aromatic heterocycles. The highest BCUT2D eigenvalue weighted by molar-refractivity contribution is 6.30. The van der Waals surface area contributed by atoms with Crippen LogP contribution in [0.3, 0.4) is 0 Å². The highest BCUT2D eigenvalue weighted by Crippen LogP contribution is 2.50. The molecule has 0 N–H and O–H groups in total. The lowest BCUT2D eigenvalue weighted by atomic mass is 9.71. The topological polar surface area (TPSA) is 43.4 Å². The molecule has 0 radical (unpaired) electrons. The highest BCUT2D eigenvalue weighted by Gasteiger charge is 2.50. The molecule has 1 unspecified atom stereocenters. The van der Waals surface area contributed by atoms with E-state index in [4.69, 9.17) is 16.3 Å². The second kappa shape index (κ2) is 5.20. The molecule has 2 atom stereocenters. The lowest BCUT2D eigenvalue weighted by Gasteiger charge is -2.36. The minimum Gasteiger partial charge on any atom is -0.450 e. The monoisotopic (exact) mass is 326 g/mol. The molecular weight excluding hydrogens is 312 g/mol. The number of fused-ring (bicyclic) bond motifs is 2. The molecule has 23 heavy (non-hydrogen) atoms. The summed E-state index contributed by atoms with van der Waals surface area (Å²) in [5.41, 5.74) is 1.61. The number of rotatable bonds is 1. The predicted octanol–water partition coefficient (Wildman–Crippen LogP) is 4.24. The first kappa shape index (κ1) is 14.5. The van der Waals surface area contributed by atoms with Gasteiger partial charge in [-0.2, -0.15) is 0 Å². The minimum absolute atomic E-state index is 0.00825. The average Bonchev–Trinajstić information content (AvgIpc) is 2.79. The zero-order chi connectivity index (χ0) is 16.0. The van der Waals surface area contributed by atoms with Crippen molar-refractivity contribution in [1.29, 1.82) is 0 Å². The summed E-state index contributed by atoms with van der Waals surface area (Å²) in [5, 5.41) is 0.651. The number of hydrogen-bond donors (Lipinski definition) is 0. The molecule has 4 rings (SSSR count). The maximum Gasteiger partial charge on any atom is 0.339 e. The van der Waals surface area contributed by atoms with E-state index in [1.54, 1.807) is 6.07 Å². The van der Waals surface area contributed by atoms with Gasteiger partial charge in [0.15, 0.2) is 0 Å². The first-order valence-corrected chi connectivity index (χ1v) is 8.05. The van der Waals surface area contributed by atoms with Gasteiger partial charge in [-0.3, -0.25) is 4.79 Å². The molecule has 1 spiro atoms. The molecule has 2 aromatic rings. The van der Waals surface area contributed by atoms with Crippen molar-refractivity contribution in [1.82, 2.24) is 0 Å². The van der Waals surface area contributed by atoms with Gasteiger partial charge >= 0.3 is 5.97 Å². The Morgan fingerprint density at radius 2 is 1.91 bits per heavy atom. The largest absolute Gasteiger partial charge is 0.450 e. The standard InChI is InChI=1S/C19H15ClO3/c20-14-5-3-4-12(8-14)13-9-15(21)11-19(10-13)17-7-2-1-6-16(17)18(22)23-19/h1-8,13H,9-11H2/t13-,19?/m0/s1. The first-order valence-electron chi connectivity index (χ1n) is 7.67. The summed E-state index contributed by atoms with van der Waals surface area (Å²) in [5.74, 6) is -0.209. The Hall–Kier alpha value is -2.13. The number of carbonyl (C=O) groups excluding carboxylic acids is 2. The quantitative estimate of drug-likeness (QED) is 0.736. The average molecular weight is 327 g/mol. The van der Waals surface area contributed by atoms with E-state index in [2.05, 4.69) is 0 Å². The first-order chi connectivity index (χ1) is 11.1. The third-order valence-electron chi connectivity index (χ3n) is 4.78. The number of ketones is 1. The van der Waals surface area contributed by atoms with Crippen LogP contribution in [0.25, 0.3) is 0 Å². The van der Waals surface area contributed by atoms with Crippen molar-refractivity contribution in [2.45, 2.75) is 30.8 Å². The Labute approximate surface area is 139 Å². The molecule has 0 bridgehead atoms. The third kappa shape index (κ3) is 2.36. The summed E-state index contributed by atoms with van der Waals surface area (Å²) in [6.07, 6.45) is 1.33. The van der Waals surface area contributed by atoms with E-state index in [1.165, 1.54) is 0 Å². The van der Waals surface area contributed by atoms with Gasteiger partial charge < -0.3 is 4.74 Å². The van der Waals surface area contributed by atoms with Gasteiger partial charge in [-0.1, -0.05) is 41.9 Å².